The van der Waals surface area contributed by atoms with E-state index in [4.69, 9.17) is 15.2 Å². The Labute approximate surface area is 143 Å². The number of para-hydroxylation sites is 1. The minimum Gasteiger partial charge on any atom is -0.493 e. The summed E-state index contributed by atoms with van der Waals surface area (Å²) in [4.78, 5) is 4.40. The molecule has 0 aromatic heterocycles. The molecule has 0 heterocycles. The maximum absolute atomic E-state index is 6.01. The van der Waals surface area contributed by atoms with Gasteiger partial charge in [-0.05, 0) is 29.7 Å². The summed E-state index contributed by atoms with van der Waals surface area (Å²) in [7, 11) is 3.23. The SMILES string of the molecule is COc1cccc(CN=C(N)Nc2cccc(C(C)C)c2)c1OC. The predicted octanol–water partition coefficient (Wildman–Crippen LogP) is 3.75. The Morgan fingerprint density at radius 2 is 1.88 bits per heavy atom. The van der Waals surface area contributed by atoms with Crippen molar-refractivity contribution in [3.8, 4) is 11.5 Å². The fourth-order valence-electron chi connectivity index (χ4n) is 2.41. The molecule has 0 amide bonds. The van der Waals surface area contributed by atoms with Crippen molar-refractivity contribution in [2.75, 3.05) is 19.5 Å². The second-order valence-corrected chi connectivity index (χ2v) is 5.76. The van der Waals surface area contributed by atoms with Crippen molar-refractivity contribution in [1.29, 1.82) is 0 Å². The smallest absolute Gasteiger partial charge is 0.193 e. The number of benzene rings is 2. The highest BCUT2D eigenvalue weighted by Gasteiger charge is 2.09. The standard InChI is InChI=1S/C19H25N3O2/c1-13(2)14-7-5-9-16(11-14)22-19(20)21-12-15-8-6-10-17(23-3)18(15)24-4/h5-11,13H,12H2,1-4H3,(H3,20,21,22). The van der Waals surface area contributed by atoms with Crippen LogP contribution in [0.25, 0.3) is 0 Å². The molecule has 2 rings (SSSR count). The average molecular weight is 327 g/mol. The number of methoxy groups -OCH3 is 2. The number of aliphatic imine (C=N–C) groups is 1. The van der Waals surface area contributed by atoms with Crippen LogP contribution in [0, 0.1) is 0 Å². The van der Waals surface area contributed by atoms with E-state index >= 15 is 0 Å². The molecule has 0 aliphatic carbocycles. The summed E-state index contributed by atoms with van der Waals surface area (Å²) in [5, 5.41) is 3.13. The van der Waals surface area contributed by atoms with Crippen LogP contribution in [0.1, 0.15) is 30.9 Å². The van der Waals surface area contributed by atoms with Crippen molar-refractivity contribution in [2.45, 2.75) is 26.3 Å². The first-order valence-electron chi connectivity index (χ1n) is 7.92. The van der Waals surface area contributed by atoms with Crippen LogP contribution in [0.2, 0.25) is 0 Å². The monoisotopic (exact) mass is 327 g/mol. The van der Waals surface area contributed by atoms with E-state index in [9.17, 15) is 0 Å². The topological polar surface area (TPSA) is 68.9 Å². The van der Waals surface area contributed by atoms with E-state index in [2.05, 4.69) is 36.3 Å². The van der Waals surface area contributed by atoms with Crippen LogP contribution in [0.15, 0.2) is 47.5 Å². The van der Waals surface area contributed by atoms with E-state index in [1.165, 1.54) is 5.56 Å². The maximum atomic E-state index is 6.01. The molecule has 0 bridgehead atoms. The highest BCUT2D eigenvalue weighted by molar-refractivity contribution is 5.92. The average Bonchev–Trinajstić information content (AvgIpc) is 2.59. The number of nitrogens with one attached hydrogen (secondary N) is 1. The molecule has 0 spiro atoms. The summed E-state index contributed by atoms with van der Waals surface area (Å²) in [6.45, 7) is 4.72. The van der Waals surface area contributed by atoms with Gasteiger partial charge in [-0.15, -0.1) is 0 Å². The first-order chi connectivity index (χ1) is 11.5. The van der Waals surface area contributed by atoms with Gasteiger partial charge in [-0.1, -0.05) is 38.1 Å². The Morgan fingerprint density at radius 3 is 2.54 bits per heavy atom. The van der Waals surface area contributed by atoms with Gasteiger partial charge in [0.1, 0.15) is 0 Å². The van der Waals surface area contributed by atoms with Gasteiger partial charge in [0, 0.05) is 11.3 Å². The number of ether oxygens (including phenoxy) is 2. The first-order valence-corrected chi connectivity index (χ1v) is 7.92. The summed E-state index contributed by atoms with van der Waals surface area (Å²) in [5.74, 6) is 2.19. The van der Waals surface area contributed by atoms with Crippen molar-refractivity contribution in [2.24, 2.45) is 10.7 Å². The summed E-state index contributed by atoms with van der Waals surface area (Å²) in [6.07, 6.45) is 0. The van der Waals surface area contributed by atoms with Crippen LogP contribution in [0.4, 0.5) is 5.69 Å². The van der Waals surface area contributed by atoms with Gasteiger partial charge in [-0.2, -0.15) is 0 Å². The fourth-order valence-corrected chi connectivity index (χ4v) is 2.41. The van der Waals surface area contributed by atoms with Gasteiger partial charge in [0.05, 0.1) is 20.8 Å². The van der Waals surface area contributed by atoms with Crippen molar-refractivity contribution < 1.29 is 9.47 Å². The number of nitrogens with zero attached hydrogens (tertiary/aromatic N) is 1. The molecule has 0 saturated carbocycles. The van der Waals surface area contributed by atoms with Crippen LogP contribution in [0.5, 0.6) is 11.5 Å². The van der Waals surface area contributed by atoms with Crippen LogP contribution < -0.4 is 20.5 Å². The molecule has 0 atom stereocenters. The summed E-state index contributed by atoms with van der Waals surface area (Å²) >= 11 is 0. The molecule has 2 aromatic rings. The minimum absolute atomic E-state index is 0.362. The van der Waals surface area contributed by atoms with E-state index in [1.807, 2.05) is 30.3 Å². The zero-order valence-electron chi connectivity index (χ0n) is 14.7. The van der Waals surface area contributed by atoms with Crippen LogP contribution >= 0.6 is 0 Å². The largest absolute Gasteiger partial charge is 0.493 e. The maximum Gasteiger partial charge on any atom is 0.193 e. The van der Waals surface area contributed by atoms with Gasteiger partial charge in [0.25, 0.3) is 0 Å². The summed E-state index contributed by atoms with van der Waals surface area (Å²) in [6, 6.07) is 13.9. The Bertz CT molecular complexity index is 712. The minimum atomic E-state index is 0.362. The third-order valence-corrected chi connectivity index (χ3v) is 3.73. The van der Waals surface area contributed by atoms with Gasteiger partial charge in [-0.25, -0.2) is 4.99 Å². The summed E-state index contributed by atoms with van der Waals surface area (Å²) < 4.78 is 10.7. The molecular formula is C19H25N3O2. The zero-order chi connectivity index (χ0) is 17.5. The van der Waals surface area contributed by atoms with Gasteiger partial charge >= 0.3 is 0 Å². The molecule has 0 saturated heterocycles. The lowest BCUT2D eigenvalue weighted by Crippen LogP contribution is -2.22. The van der Waals surface area contributed by atoms with Gasteiger partial charge in [0.2, 0.25) is 0 Å². The molecular weight excluding hydrogens is 302 g/mol. The third kappa shape index (κ3) is 4.41. The lowest BCUT2D eigenvalue weighted by atomic mass is 10.0. The van der Waals surface area contributed by atoms with E-state index in [1.54, 1.807) is 14.2 Å². The molecule has 2 aromatic carbocycles. The van der Waals surface area contributed by atoms with Crippen molar-refractivity contribution in [1.82, 2.24) is 0 Å². The Morgan fingerprint density at radius 1 is 1.12 bits per heavy atom. The molecule has 24 heavy (non-hydrogen) atoms. The number of hydrogen-bond donors (Lipinski definition) is 2. The molecule has 0 aliphatic rings. The van der Waals surface area contributed by atoms with E-state index in [-0.39, 0.29) is 0 Å². The number of nitrogens with two attached hydrogens (primary N) is 1. The second kappa shape index (κ2) is 8.24. The molecule has 0 radical (unpaired) electrons. The van der Waals surface area contributed by atoms with Crippen molar-refractivity contribution >= 4 is 11.6 Å². The number of rotatable bonds is 6. The fraction of sp³-hybridized carbons (Fsp3) is 0.316. The highest BCUT2D eigenvalue weighted by Crippen LogP contribution is 2.31. The van der Waals surface area contributed by atoms with Crippen LogP contribution in [-0.2, 0) is 6.54 Å². The highest BCUT2D eigenvalue weighted by atomic mass is 16.5. The predicted molar refractivity (Wildman–Crippen MR) is 99.0 cm³/mol. The molecule has 5 nitrogen and oxygen atoms in total. The Hall–Kier alpha value is -2.69. The third-order valence-electron chi connectivity index (χ3n) is 3.73. The van der Waals surface area contributed by atoms with Gasteiger partial charge in [-0.3, -0.25) is 0 Å². The van der Waals surface area contributed by atoms with Crippen molar-refractivity contribution in [3.05, 3.63) is 53.6 Å². The van der Waals surface area contributed by atoms with Gasteiger partial charge < -0.3 is 20.5 Å². The number of guanidine groups is 1. The van der Waals surface area contributed by atoms with E-state index < -0.39 is 0 Å². The molecule has 128 valence electrons. The van der Waals surface area contributed by atoms with Crippen molar-refractivity contribution in [3.63, 3.8) is 0 Å². The lowest BCUT2D eigenvalue weighted by molar-refractivity contribution is 0.352. The zero-order valence-corrected chi connectivity index (χ0v) is 14.7. The molecule has 0 fully saturated rings. The quantitative estimate of drug-likeness (QED) is 0.626. The van der Waals surface area contributed by atoms with Crippen LogP contribution in [-0.4, -0.2) is 20.2 Å². The van der Waals surface area contributed by atoms with E-state index in [0.717, 1.165) is 11.3 Å². The molecule has 0 unspecified atom stereocenters. The number of hydrogen-bond acceptors (Lipinski definition) is 3. The van der Waals surface area contributed by atoms with E-state index in [0.29, 0.717) is 29.9 Å². The van der Waals surface area contributed by atoms with Crippen LogP contribution in [0.3, 0.4) is 0 Å². The molecule has 0 aliphatic heterocycles. The first kappa shape index (κ1) is 17.7. The number of anilines is 1. The Balaban J connectivity index is 2.11. The Kier molecular flexibility index (Phi) is 6.07. The second-order valence-electron chi connectivity index (χ2n) is 5.76. The van der Waals surface area contributed by atoms with Gasteiger partial charge in [0.15, 0.2) is 17.5 Å². The normalized spacial score (nSPS) is 11.5. The lowest BCUT2D eigenvalue weighted by Gasteiger charge is -2.12. The summed E-state index contributed by atoms with van der Waals surface area (Å²) in [5.41, 5.74) is 9.11. The molecule has 5 heteroatoms. The molecule has 3 N–H and O–H groups in total.